The first-order valence-corrected chi connectivity index (χ1v) is 6.96. The highest BCUT2D eigenvalue weighted by molar-refractivity contribution is 6.03. The van der Waals surface area contributed by atoms with Crippen molar-refractivity contribution in [2.75, 3.05) is 0 Å². The lowest BCUT2D eigenvalue weighted by Gasteiger charge is -2.14. The standard InChI is InChI=1S/C16H22O4/c1-5-8-12(4)20-16(18)14-10-7-6-9-13(14)15(17)19-11(2)3/h6-7,9-12H,5,8H2,1-4H3. The molecule has 0 spiro atoms. The van der Waals surface area contributed by atoms with Crippen molar-refractivity contribution in [2.45, 2.75) is 52.7 Å². The molecule has 0 aliphatic carbocycles. The predicted molar refractivity (Wildman–Crippen MR) is 76.8 cm³/mol. The first-order chi connectivity index (χ1) is 9.45. The monoisotopic (exact) mass is 278 g/mol. The van der Waals surface area contributed by atoms with E-state index in [1.54, 1.807) is 38.1 Å². The maximum Gasteiger partial charge on any atom is 0.339 e. The number of carbonyl (C=O) groups is 2. The Morgan fingerprint density at radius 1 is 1.00 bits per heavy atom. The largest absolute Gasteiger partial charge is 0.459 e. The molecule has 1 rings (SSSR count). The van der Waals surface area contributed by atoms with Gasteiger partial charge in [0.15, 0.2) is 0 Å². The van der Waals surface area contributed by atoms with E-state index in [2.05, 4.69) is 0 Å². The summed E-state index contributed by atoms with van der Waals surface area (Å²) in [7, 11) is 0. The van der Waals surface area contributed by atoms with Gasteiger partial charge in [0.25, 0.3) is 0 Å². The second-order valence-corrected chi connectivity index (χ2v) is 5.00. The molecule has 4 heteroatoms. The molecule has 1 aromatic rings. The molecule has 0 aliphatic rings. The minimum absolute atomic E-state index is 0.165. The topological polar surface area (TPSA) is 52.6 Å². The summed E-state index contributed by atoms with van der Waals surface area (Å²) >= 11 is 0. The van der Waals surface area contributed by atoms with Crippen molar-refractivity contribution >= 4 is 11.9 Å². The van der Waals surface area contributed by atoms with Crippen molar-refractivity contribution in [3.05, 3.63) is 35.4 Å². The number of hydrogen-bond acceptors (Lipinski definition) is 4. The second kappa shape index (κ2) is 7.68. The highest BCUT2D eigenvalue weighted by atomic mass is 16.5. The molecule has 0 aliphatic heterocycles. The number of hydrogen-bond donors (Lipinski definition) is 0. The van der Waals surface area contributed by atoms with Crippen LogP contribution in [0.15, 0.2) is 24.3 Å². The van der Waals surface area contributed by atoms with Gasteiger partial charge in [0.05, 0.1) is 23.3 Å². The number of ether oxygens (including phenoxy) is 2. The Bertz CT molecular complexity index is 465. The summed E-state index contributed by atoms with van der Waals surface area (Å²) in [6.07, 6.45) is 1.34. The van der Waals surface area contributed by atoms with Crippen molar-refractivity contribution in [3.63, 3.8) is 0 Å². The third-order valence-corrected chi connectivity index (χ3v) is 2.71. The Kier molecular flexibility index (Phi) is 6.22. The Hall–Kier alpha value is -1.84. The van der Waals surface area contributed by atoms with E-state index < -0.39 is 11.9 Å². The minimum Gasteiger partial charge on any atom is -0.459 e. The molecule has 0 saturated carbocycles. The lowest BCUT2D eigenvalue weighted by atomic mass is 10.1. The zero-order valence-corrected chi connectivity index (χ0v) is 12.5. The first kappa shape index (κ1) is 16.2. The number of carbonyl (C=O) groups excluding carboxylic acids is 2. The van der Waals surface area contributed by atoms with Crippen LogP contribution in [-0.2, 0) is 9.47 Å². The molecule has 0 aromatic heterocycles. The van der Waals surface area contributed by atoms with Gasteiger partial charge >= 0.3 is 11.9 Å². The van der Waals surface area contributed by atoms with E-state index in [0.717, 1.165) is 12.8 Å². The zero-order valence-electron chi connectivity index (χ0n) is 12.5. The van der Waals surface area contributed by atoms with Crippen LogP contribution < -0.4 is 0 Å². The Labute approximate surface area is 120 Å². The lowest BCUT2D eigenvalue weighted by Crippen LogP contribution is -2.19. The predicted octanol–water partition coefficient (Wildman–Crippen LogP) is 3.60. The van der Waals surface area contributed by atoms with Crippen LogP contribution in [0.2, 0.25) is 0 Å². The van der Waals surface area contributed by atoms with Crippen LogP contribution in [0.5, 0.6) is 0 Å². The highest BCUT2D eigenvalue weighted by Crippen LogP contribution is 2.14. The molecule has 20 heavy (non-hydrogen) atoms. The van der Waals surface area contributed by atoms with E-state index in [0.29, 0.717) is 0 Å². The van der Waals surface area contributed by atoms with E-state index in [-0.39, 0.29) is 23.3 Å². The number of benzene rings is 1. The molecule has 0 radical (unpaired) electrons. The molecule has 0 saturated heterocycles. The normalized spacial score (nSPS) is 12.1. The fourth-order valence-corrected chi connectivity index (χ4v) is 1.83. The SMILES string of the molecule is CCCC(C)OC(=O)c1ccccc1C(=O)OC(C)C. The fraction of sp³-hybridized carbons (Fsp3) is 0.500. The Balaban J connectivity index is 2.89. The smallest absolute Gasteiger partial charge is 0.339 e. The van der Waals surface area contributed by atoms with Gasteiger partial charge in [-0.1, -0.05) is 25.5 Å². The second-order valence-electron chi connectivity index (χ2n) is 5.00. The third kappa shape index (κ3) is 4.68. The molecule has 4 nitrogen and oxygen atoms in total. The molecule has 0 bridgehead atoms. The highest BCUT2D eigenvalue weighted by Gasteiger charge is 2.20. The summed E-state index contributed by atoms with van der Waals surface area (Å²) in [4.78, 5) is 24.1. The van der Waals surface area contributed by atoms with Gasteiger partial charge in [-0.2, -0.15) is 0 Å². The molecule has 0 N–H and O–H groups in total. The lowest BCUT2D eigenvalue weighted by molar-refractivity contribution is 0.0294. The molecule has 1 unspecified atom stereocenters. The molecular formula is C16H22O4. The average Bonchev–Trinajstić information content (AvgIpc) is 2.38. The third-order valence-electron chi connectivity index (χ3n) is 2.71. The molecule has 1 atom stereocenters. The zero-order chi connectivity index (χ0) is 15.1. The fourth-order valence-electron chi connectivity index (χ4n) is 1.83. The summed E-state index contributed by atoms with van der Waals surface area (Å²) in [5, 5.41) is 0. The van der Waals surface area contributed by atoms with Crippen molar-refractivity contribution < 1.29 is 19.1 Å². The van der Waals surface area contributed by atoms with Gasteiger partial charge in [0, 0.05) is 0 Å². The van der Waals surface area contributed by atoms with Crippen LogP contribution in [0.25, 0.3) is 0 Å². The summed E-state index contributed by atoms with van der Waals surface area (Å²) in [5.41, 5.74) is 0.496. The van der Waals surface area contributed by atoms with Crippen molar-refractivity contribution in [3.8, 4) is 0 Å². The Morgan fingerprint density at radius 2 is 1.50 bits per heavy atom. The van der Waals surface area contributed by atoms with Gasteiger partial charge in [-0.3, -0.25) is 0 Å². The number of esters is 2. The van der Waals surface area contributed by atoms with Crippen LogP contribution in [0.3, 0.4) is 0 Å². The van der Waals surface area contributed by atoms with Gasteiger partial charge in [-0.05, 0) is 39.3 Å². The maximum absolute atomic E-state index is 12.1. The first-order valence-electron chi connectivity index (χ1n) is 6.96. The average molecular weight is 278 g/mol. The van der Waals surface area contributed by atoms with Gasteiger partial charge in [0.1, 0.15) is 0 Å². The van der Waals surface area contributed by atoms with Crippen LogP contribution >= 0.6 is 0 Å². The molecule has 110 valence electrons. The molecule has 0 heterocycles. The van der Waals surface area contributed by atoms with Crippen molar-refractivity contribution in [2.24, 2.45) is 0 Å². The quantitative estimate of drug-likeness (QED) is 0.746. The van der Waals surface area contributed by atoms with Gasteiger partial charge < -0.3 is 9.47 Å². The van der Waals surface area contributed by atoms with Crippen LogP contribution in [0, 0.1) is 0 Å². The van der Waals surface area contributed by atoms with Crippen LogP contribution in [-0.4, -0.2) is 24.1 Å². The molecule has 0 fully saturated rings. The van der Waals surface area contributed by atoms with E-state index in [9.17, 15) is 9.59 Å². The van der Waals surface area contributed by atoms with Gasteiger partial charge in [-0.25, -0.2) is 9.59 Å². The summed E-state index contributed by atoms with van der Waals surface area (Å²) in [5.74, 6) is -0.988. The van der Waals surface area contributed by atoms with Crippen LogP contribution in [0.4, 0.5) is 0 Å². The van der Waals surface area contributed by atoms with Crippen LogP contribution in [0.1, 0.15) is 61.3 Å². The van der Waals surface area contributed by atoms with Crippen molar-refractivity contribution in [1.29, 1.82) is 0 Å². The summed E-state index contributed by atoms with van der Waals surface area (Å²) < 4.78 is 10.5. The Morgan fingerprint density at radius 3 is 1.95 bits per heavy atom. The van der Waals surface area contributed by atoms with E-state index in [4.69, 9.17) is 9.47 Å². The molecule has 1 aromatic carbocycles. The maximum atomic E-state index is 12.1. The summed E-state index contributed by atoms with van der Waals surface area (Å²) in [6.45, 7) is 7.40. The number of rotatable bonds is 6. The van der Waals surface area contributed by atoms with Crippen molar-refractivity contribution in [1.82, 2.24) is 0 Å². The van der Waals surface area contributed by atoms with E-state index in [1.807, 2.05) is 13.8 Å². The van der Waals surface area contributed by atoms with Gasteiger partial charge in [0.2, 0.25) is 0 Å². The van der Waals surface area contributed by atoms with E-state index in [1.165, 1.54) is 0 Å². The molecule has 0 amide bonds. The van der Waals surface area contributed by atoms with Gasteiger partial charge in [-0.15, -0.1) is 0 Å². The molecular weight excluding hydrogens is 256 g/mol. The minimum atomic E-state index is -0.504. The summed E-state index contributed by atoms with van der Waals surface area (Å²) in [6, 6.07) is 6.56. The van der Waals surface area contributed by atoms with E-state index >= 15 is 0 Å².